The highest BCUT2D eigenvalue weighted by Crippen LogP contribution is 2.12. The smallest absolute Gasteiger partial charge is 0.335 e. The van der Waals surface area contributed by atoms with Crippen molar-refractivity contribution in [3.05, 3.63) is 35.4 Å². The Bertz CT molecular complexity index is 390. The van der Waals surface area contributed by atoms with Crippen molar-refractivity contribution in [2.24, 2.45) is 5.92 Å². The lowest BCUT2D eigenvalue weighted by molar-refractivity contribution is 0.0696. The highest BCUT2D eigenvalue weighted by atomic mass is 16.4. The van der Waals surface area contributed by atoms with Gasteiger partial charge in [-0.15, -0.1) is 0 Å². The maximum atomic E-state index is 10.9. The van der Waals surface area contributed by atoms with Crippen molar-refractivity contribution in [1.29, 1.82) is 0 Å². The average Bonchev–Trinajstić information content (AvgIpc) is 2.43. The van der Waals surface area contributed by atoms with Gasteiger partial charge >= 0.3 is 5.97 Å². The molecule has 0 aliphatic carbocycles. The van der Waals surface area contributed by atoms with Crippen LogP contribution in [-0.2, 0) is 6.54 Å². The van der Waals surface area contributed by atoms with Crippen LogP contribution in [0.3, 0.4) is 0 Å². The zero-order valence-electron chi connectivity index (χ0n) is 12.0. The number of unbranched alkanes of at least 4 members (excludes halogenated alkanes) is 1. The Hall–Kier alpha value is -1.35. The summed E-state index contributed by atoms with van der Waals surface area (Å²) in [6, 6.07) is 7.13. The maximum absolute atomic E-state index is 10.9. The molecule has 3 nitrogen and oxygen atoms in total. The van der Waals surface area contributed by atoms with Gasteiger partial charge in [-0.05, 0) is 36.6 Å². The van der Waals surface area contributed by atoms with Crippen LogP contribution in [0.1, 0.15) is 55.5 Å². The first-order valence-corrected chi connectivity index (χ1v) is 7.20. The number of hydrogen-bond donors (Lipinski definition) is 2. The van der Waals surface area contributed by atoms with Crippen molar-refractivity contribution in [2.45, 2.75) is 46.1 Å². The molecule has 19 heavy (non-hydrogen) atoms. The van der Waals surface area contributed by atoms with Gasteiger partial charge < -0.3 is 10.4 Å². The van der Waals surface area contributed by atoms with Crippen LogP contribution >= 0.6 is 0 Å². The van der Waals surface area contributed by atoms with Crippen molar-refractivity contribution >= 4 is 5.97 Å². The van der Waals surface area contributed by atoms with E-state index in [1.54, 1.807) is 18.2 Å². The second-order valence-electron chi connectivity index (χ2n) is 5.05. The minimum absolute atomic E-state index is 0.359. The third kappa shape index (κ3) is 5.88. The lowest BCUT2D eigenvalue weighted by atomic mass is 9.99. The number of rotatable bonds is 9. The summed E-state index contributed by atoms with van der Waals surface area (Å²) < 4.78 is 0. The summed E-state index contributed by atoms with van der Waals surface area (Å²) in [6.07, 6.45) is 5.00. The fraction of sp³-hybridized carbons (Fsp3) is 0.562. The molecule has 0 aromatic heterocycles. The van der Waals surface area contributed by atoms with E-state index < -0.39 is 5.97 Å². The highest BCUT2D eigenvalue weighted by Gasteiger charge is 2.06. The van der Waals surface area contributed by atoms with Crippen LogP contribution in [0.25, 0.3) is 0 Å². The molecule has 0 aliphatic rings. The lowest BCUT2D eigenvalue weighted by Gasteiger charge is -2.15. The molecule has 0 spiro atoms. The van der Waals surface area contributed by atoms with E-state index >= 15 is 0 Å². The molecule has 0 heterocycles. The zero-order chi connectivity index (χ0) is 14.1. The molecule has 3 heteroatoms. The number of benzene rings is 1. The summed E-state index contributed by atoms with van der Waals surface area (Å²) in [7, 11) is 0. The molecule has 1 rings (SSSR count). The fourth-order valence-electron chi connectivity index (χ4n) is 2.18. The fourth-order valence-corrected chi connectivity index (χ4v) is 2.18. The number of nitrogens with one attached hydrogen (secondary N) is 1. The van der Waals surface area contributed by atoms with E-state index in [2.05, 4.69) is 19.2 Å². The summed E-state index contributed by atoms with van der Waals surface area (Å²) >= 11 is 0. The first-order chi connectivity index (χ1) is 9.17. The van der Waals surface area contributed by atoms with Gasteiger partial charge in [0.1, 0.15) is 0 Å². The molecule has 0 saturated carbocycles. The van der Waals surface area contributed by atoms with Crippen molar-refractivity contribution in [3.8, 4) is 0 Å². The predicted octanol–water partition coefficient (Wildman–Crippen LogP) is 3.69. The molecule has 1 aromatic rings. The molecule has 1 unspecified atom stereocenters. The molecular formula is C16H25NO2. The van der Waals surface area contributed by atoms with Gasteiger partial charge in [0, 0.05) is 6.54 Å². The van der Waals surface area contributed by atoms with Gasteiger partial charge in [-0.25, -0.2) is 4.79 Å². The summed E-state index contributed by atoms with van der Waals surface area (Å²) in [5.41, 5.74) is 1.39. The van der Waals surface area contributed by atoms with Gasteiger partial charge in [0.25, 0.3) is 0 Å². The van der Waals surface area contributed by atoms with E-state index in [1.165, 1.54) is 25.7 Å². The largest absolute Gasteiger partial charge is 0.478 e. The molecule has 0 bridgehead atoms. The normalized spacial score (nSPS) is 12.3. The molecule has 2 N–H and O–H groups in total. The molecule has 0 radical (unpaired) electrons. The monoisotopic (exact) mass is 263 g/mol. The Morgan fingerprint density at radius 3 is 2.79 bits per heavy atom. The van der Waals surface area contributed by atoms with Gasteiger partial charge in [-0.2, -0.15) is 0 Å². The Morgan fingerprint density at radius 1 is 1.37 bits per heavy atom. The summed E-state index contributed by atoms with van der Waals surface area (Å²) in [4.78, 5) is 10.9. The van der Waals surface area contributed by atoms with Crippen LogP contribution in [-0.4, -0.2) is 17.6 Å². The first kappa shape index (κ1) is 15.7. The maximum Gasteiger partial charge on any atom is 0.335 e. The topological polar surface area (TPSA) is 49.3 Å². The van der Waals surface area contributed by atoms with Gasteiger partial charge in [-0.1, -0.05) is 45.2 Å². The Labute approximate surface area is 116 Å². The molecule has 0 fully saturated rings. The molecule has 0 aliphatic heterocycles. The molecule has 1 aromatic carbocycles. The van der Waals surface area contributed by atoms with E-state index in [0.717, 1.165) is 24.6 Å². The third-order valence-electron chi connectivity index (χ3n) is 3.48. The Balaban J connectivity index is 2.39. The first-order valence-electron chi connectivity index (χ1n) is 7.20. The molecule has 1 atom stereocenters. The summed E-state index contributed by atoms with van der Waals surface area (Å²) in [6.45, 7) is 6.20. The van der Waals surface area contributed by atoms with Gasteiger partial charge in [-0.3, -0.25) is 0 Å². The number of carboxylic acids is 1. The van der Waals surface area contributed by atoms with E-state index in [0.29, 0.717) is 5.56 Å². The van der Waals surface area contributed by atoms with Gasteiger partial charge in [0.15, 0.2) is 0 Å². The van der Waals surface area contributed by atoms with E-state index in [1.807, 2.05) is 6.07 Å². The van der Waals surface area contributed by atoms with Crippen molar-refractivity contribution < 1.29 is 9.90 Å². The quantitative estimate of drug-likeness (QED) is 0.714. The second-order valence-corrected chi connectivity index (χ2v) is 5.05. The van der Waals surface area contributed by atoms with Crippen LogP contribution in [0.2, 0.25) is 0 Å². The highest BCUT2D eigenvalue weighted by molar-refractivity contribution is 5.87. The lowest BCUT2D eigenvalue weighted by Crippen LogP contribution is -2.22. The van der Waals surface area contributed by atoms with Crippen molar-refractivity contribution in [1.82, 2.24) is 5.32 Å². The number of carboxylic acid groups (broad SMARTS) is 1. The van der Waals surface area contributed by atoms with E-state index in [4.69, 9.17) is 5.11 Å². The van der Waals surface area contributed by atoms with Crippen LogP contribution < -0.4 is 5.32 Å². The van der Waals surface area contributed by atoms with Gasteiger partial charge in [0.05, 0.1) is 5.56 Å². The van der Waals surface area contributed by atoms with Crippen molar-refractivity contribution in [3.63, 3.8) is 0 Å². The Morgan fingerprint density at radius 2 is 2.16 bits per heavy atom. The van der Waals surface area contributed by atoms with Crippen LogP contribution in [0.15, 0.2) is 24.3 Å². The zero-order valence-corrected chi connectivity index (χ0v) is 12.0. The molecule has 106 valence electrons. The minimum Gasteiger partial charge on any atom is -0.478 e. The minimum atomic E-state index is -0.865. The van der Waals surface area contributed by atoms with Crippen molar-refractivity contribution in [2.75, 3.05) is 6.54 Å². The van der Waals surface area contributed by atoms with Gasteiger partial charge in [0.2, 0.25) is 0 Å². The summed E-state index contributed by atoms with van der Waals surface area (Å²) in [5, 5.41) is 12.4. The second kappa shape index (κ2) is 8.70. The number of carbonyl (C=O) groups is 1. The van der Waals surface area contributed by atoms with Crippen LogP contribution in [0, 0.1) is 5.92 Å². The van der Waals surface area contributed by atoms with E-state index in [9.17, 15) is 4.79 Å². The third-order valence-corrected chi connectivity index (χ3v) is 3.48. The standard InChI is InChI=1S/C16H25NO2/c1-3-5-7-13(4-2)11-17-12-14-8-6-9-15(10-14)16(18)19/h6,8-10,13,17H,3-5,7,11-12H2,1-2H3,(H,18,19). The molecular weight excluding hydrogens is 238 g/mol. The predicted molar refractivity (Wildman–Crippen MR) is 78.4 cm³/mol. The molecule has 0 amide bonds. The average molecular weight is 263 g/mol. The molecule has 0 saturated heterocycles. The SMILES string of the molecule is CCCCC(CC)CNCc1cccc(C(=O)O)c1. The Kier molecular flexibility index (Phi) is 7.19. The summed E-state index contributed by atoms with van der Waals surface area (Å²) in [5.74, 6) is -0.140. The number of hydrogen-bond acceptors (Lipinski definition) is 2. The van der Waals surface area contributed by atoms with Crippen LogP contribution in [0.4, 0.5) is 0 Å². The van der Waals surface area contributed by atoms with E-state index in [-0.39, 0.29) is 0 Å². The number of aromatic carboxylic acids is 1. The van der Waals surface area contributed by atoms with Crippen LogP contribution in [0.5, 0.6) is 0 Å².